The molecule has 2 aliphatic carbocycles. The summed E-state index contributed by atoms with van der Waals surface area (Å²) >= 11 is 0. The third kappa shape index (κ3) is 2.62. The van der Waals surface area contributed by atoms with Crippen molar-refractivity contribution in [3.63, 3.8) is 0 Å². The maximum Gasteiger partial charge on any atom is 0.234 e. The Balaban J connectivity index is 1.83. The summed E-state index contributed by atoms with van der Waals surface area (Å²) in [7, 11) is 0. The van der Waals surface area contributed by atoms with Gasteiger partial charge in [-0.3, -0.25) is 19.2 Å². The highest BCUT2D eigenvalue weighted by molar-refractivity contribution is 6.13. The molecule has 34 heavy (non-hydrogen) atoms. The molecule has 0 saturated heterocycles. The summed E-state index contributed by atoms with van der Waals surface area (Å²) in [5.41, 5.74) is -2.45. The van der Waals surface area contributed by atoms with E-state index in [1.165, 1.54) is 60.7 Å². The van der Waals surface area contributed by atoms with Crippen LogP contribution in [0.15, 0.2) is 92.0 Å². The van der Waals surface area contributed by atoms with Gasteiger partial charge in [0.25, 0.3) is 0 Å². The number of halogens is 2. The molecule has 4 aromatic rings. The molecule has 0 amide bonds. The molecular weight excluding hydrogens is 438 g/mol. The van der Waals surface area contributed by atoms with Crippen molar-refractivity contribution in [1.29, 1.82) is 0 Å². The minimum Gasteiger partial charge on any atom is -0.285 e. The van der Waals surface area contributed by atoms with Crippen LogP contribution in [0.4, 0.5) is 8.78 Å². The van der Waals surface area contributed by atoms with Gasteiger partial charge in [0.2, 0.25) is 21.7 Å². The molecule has 0 aliphatic heterocycles. The Hall–Kier alpha value is -4.58. The number of benzene rings is 6. The largest absolute Gasteiger partial charge is 0.285 e. The summed E-state index contributed by atoms with van der Waals surface area (Å²) in [6.45, 7) is 0. The van der Waals surface area contributed by atoms with Gasteiger partial charge in [0.15, 0.2) is 0 Å². The van der Waals surface area contributed by atoms with Crippen LogP contribution in [0.5, 0.6) is 0 Å². The summed E-state index contributed by atoms with van der Waals surface area (Å²) in [5, 5.41) is -0.244. The van der Waals surface area contributed by atoms with Crippen molar-refractivity contribution >= 4 is 21.5 Å². The van der Waals surface area contributed by atoms with Gasteiger partial charge in [-0.05, 0) is 47.5 Å². The first-order chi connectivity index (χ1) is 16.4. The lowest BCUT2D eigenvalue weighted by Crippen LogP contribution is -2.31. The predicted octanol–water partition coefficient (Wildman–Crippen LogP) is 4.46. The second kappa shape index (κ2) is 6.96. The van der Waals surface area contributed by atoms with Crippen molar-refractivity contribution in [1.82, 2.24) is 0 Å². The van der Waals surface area contributed by atoms with Crippen LogP contribution in [0, 0.1) is 11.6 Å². The van der Waals surface area contributed by atoms with Crippen LogP contribution in [-0.2, 0) is 0 Å². The van der Waals surface area contributed by atoms with Gasteiger partial charge in [-0.25, -0.2) is 8.78 Å². The van der Waals surface area contributed by atoms with Crippen molar-refractivity contribution in [2.75, 3.05) is 0 Å². The zero-order valence-corrected chi connectivity index (χ0v) is 17.3. The van der Waals surface area contributed by atoms with Gasteiger partial charge in [0.1, 0.15) is 11.6 Å². The molecule has 0 fully saturated rings. The van der Waals surface area contributed by atoms with Crippen molar-refractivity contribution in [2.24, 2.45) is 0 Å². The van der Waals surface area contributed by atoms with E-state index in [1.54, 1.807) is 12.1 Å². The second-order valence-electron chi connectivity index (χ2n) is 8.17. The number of hydrogen-bond donors (Lipinski definition) is 0. The van der Waals surface area contributed by atoms with E-state index in [-0.39, 0.29) is 54.9 Å². The van der Waals surface area contributed by atoms with E-state index in [2.05, 4.69) is 0 Å². The Morgan fingerprint density at radius 2 is 0.735 bits per heavy atom. The van der Waals surface area contributed by atoms with Gasteiger partial charge < -0.3 is 0 Å². The van der Waals surface area contributed by atoms with E-state index < -0.39 is 33.3 Å². The SMILES string of the molecule is O=c1c(=O)c2cc(-c3ccccc3F)cc3c2-c2c1cc(-c1ccccc1F)cc2c(=O)c3=O. The van der Waals surface area contributed by atoms with Gasteiger partial charge in [0.05, 0.1) is 0 Å². The third-order valence-corrected chi connectivity index (χ3v) is 6.29. The zero-order chi connectivity index (χ0) is 23.7. The molecule has 4 aromatic carbocycles. The van der Waals surface area contributed by atoms with Crippen LogP contribution in [0.3, 0.4) is 0 Å². The van der Waals surface area contributed by atoms with Crippen LogP contribution in [0.1, 0.15) is 0 Å². The van der Waals surface area contributed by atoms with Crippen LogP contribution >= 0.6 is 0 Å². The quantitative estimate of drug-likeness (QED) is 0.289. The standard InChI is InChI=1S/C28H12F2O4/c29-21-7-3-1-5-15(21)13-9-17-23-18(10-13)26(32)28(34)20-12-14(16-6-2-4-8-22(16)30)11-19(24(20)23)27(33)25(17)31/h1-12H. The lowest BCUT2D eigenvalue weighted by atomic mass is 9.83. The Bertz CT molecular complexity index is 1730. The molecule has 2 aliphatic rings. The van der Waals surface area contributed by atoms with E-state index >= 15 is 0 Å². The molecule has 0 aromatic heterocycles. The third-order valence-electron chi connectivity index (χ3n) is 6.29. The van der Waals surface area contributed by atoms with Crippen LogP contribution in [0.25, 0.3) is 54.9 Å². The normalized spacial score (nSPS) is 11.7. The summed E-state index contributed by atoms with van der Waals surface area (Å²) < 4.78 is 28.9. The molecule has 0 N–H and O–H groups in total. The average Bonchev–Trinajstić information content (AvgIpc) is 2.85. The lowest BCUT2D eigenvalue weighted by Gasteiger charge is -2.17. The highest BCUT2D eigenvalue weighted by atomic mass is 19.1. The highest BCUT2D eigenvalue weighted by Crippen LogP contribution is 2.39. The first-order valence-electron chi connectivity index (χ1n) is 10.4. The molecule has 0 heterocycles. The van der Waals surface area contributed by atoms with E-state index in [0.29, 0.717) is 0 Å². The fourth-order valence-corrected chi connectivity index (χ4v) is 4.73. The van der Waals surface area contributed by atoms with Crippen molar-refractivity contribution in [3.8, 4) is 33.4 Å². The van der Waals surface area contributed by atoms with E-state index in [0.717, 1.165) is 0 Å². The number of rotatable bonds is 2. The van der Waals surface area contributed by atoms with Gasteiger partial charge in [0, 0.05) is 43.8 Å². The molecular formula is C28H12F2O4. The summed E-state index contributed by atoms with van der Waals surface area (Å²) in [5.74, 6) is -1.15. The van der Waals surface area contributed by atoms with E-state index in [1.807, 2.05) is 0 Å². The van der Waals surface area contributed by atoms with Gasteiger partial charge in [-0.1, -0.05) is 36.4 Å². The van der Waals surface area contributed by atoms with Gasteiger partial charge in [-0.15, -0.1) is 0 Å². The van der Waals surface area contributed by atoms with Crippen LogP contribution in [0.2, 0.25) is 0 Å². The average molecular weight is 450 g/mol. The van der Waals surface area contributed by atoms with E-state index in [4.69, 9.17) is 0 Å². The Morgan fingerprint density at radius 3 is 1.03 bits per heavy atom. The maximum absolute atomic E-state index is 14.4. The van der Waals surface area contributed by atoms with Crippen LogP contribution < -0.4 is 21.7 Å². The van der Waals surface area contributed by atoms with Crippen molar-refractivity contribution in [3.05, 3.63) is 125 Å². The maximum atomic E-state index is 14.4. The summed E-state index contributed by atoms with van der Waals surface area (Å²) in [4.78, 5) is 52.5. The first-order valence-corrected chi connectivity index (χ1v) is 10.4. The Kier molecular flexibility index (Phi) is 4.10. The topological polar surface area (TPSA) is 68.3 Å². The fourth-order valence-electron chi connectivity index (χ4n) is 4.73. The highest BCUT2D eigenvalue weighted by Gasteiger charge is 2.27. The molecule has 6 rings (SSSR count). The number of hydrogen-bond acceptors (Lipinski definition) is 4. The van der Waals surface area contributed by atoms with Gasteiger partial charge in [-0.2, -0.15) is 0 Å². The van der Waals surface area contributed by atoms with E-state index in [9.17, 15) is 28.0 Å². The van der Waals surface area contributed by atoms with Crippen LogP contribution in [-0.4, -0.2) is 0 Å². The monoisotopic (exact) mass is 450 g/mol. The molecule has 0 spiro atoms. The first kappa shape index (κ1) is 20.1. The smallest absolute Gasteiger partial charge is 0.234 e. The molecule has 0 bridgehead atoms. The van der Waals surface area contributed by atoms with Gasteiger partial charge >= 0.3 is 0 Å². The predicted molar refractivity (Wildman–Crippen MR) is 128 cm³/mol. The minimum absolute atomic E-state index is 0.0611. The molecule has 0 unspecified atom stereocenters. The Labute approximate surface area is 189 Å². The molecule has 4 nitrogen and oxygen atoms in total. The van der Waals surface area contributed by atoms with Crippen molar-refractivity contribution < 1.29 is 8.78 Å². The lowest BCUT2D eigenvalue weighted by molar-refractivity contribution is 0.631. The molecule has 162 valence electrons. The zero-order valence-electron chi connectivity index (χ0n) is 17.3. The van der Waals surface area contributed by atoms with Crippen molar-refractivity contribution in [2.45, 2.75) is 0 Å². The molecule has 0 radical (unpaired) electrons. The Morgan fingerprint density at radius 1 is 0.441 bits per heavy atom. The minimum atomic E-state index is -0.874. The summed E-state index contributed by atoms with van der Waals surface area (Å²) in [6.07, 6.45) is 0. The molecule has 0 atom stereocenters. The second-order valence-corrected chi connectivity index (χ2v) is 8.17. The molecule has 6 heteroatoms. The molecule has 0 saturated carbocycles. The summed E-state index contributed by atoms with van der Waals surface area (Å²) in [6, 6.07) is 17.1. The fraction of sp³-hybridized carbons (Fsp3) is 0.